The molecule has 6 heteroatoms. The Hall–Kier alpha value is -1.14. The van der Waals surface area contributed by atoms with Crippen LogP contribution in [0, 0.1) is 17.3 Å². The highest BCUT2D eigenvalue weighted by Gasteiger charge is 2.57. The number of hydrogen-bond acceptors (Lipinski definition) is 6. The van der Waals surface area contributed by atoms with E-state index in [1.807, 2.05) is 0 Å². The van der Waals surface area contributed by atoms with Crippen LogP contribution in [0.5, 0.6) is 0 Å². The molecular weight excluding hydrogens is 380 g/mol. The standard InChI is InChI=1S/C24H44N2O4/c1-20(2)11-16(12-21(3,4)25(20)9)24(19(29)30,15-18(27)28)17-13-22(5,6)26(10)23(7,8)14-17/h16-17H,11-15H2,1-10H3,(H,27,28)(H,29,30)/p-2. The van der Waals surface area contributed by atoms with E-state index in [0.717, 1.165) is 0 Å². The fourth-order valence-electron chi connectivity index (χ4n) is 6.74. The van der Waals surface area contributed by atoms with Gasteiger partial charge < -0.3 is 19.8 Å². The fraction of sp³-hybridized carbons (Fsp3) is 0.917. The fourth-order valence-corrected chi connectivity index (χ4v) is 6.74. The van der Waals surface area contributed by atoms with Crippen molar-refractivity contribution in [3.8, 4) is 0 Å². The molecule has 0 N–H and O–H groups in total. The molecule has 2 saturated heterocycles. The van der Waals surface area contributed by atoms with Crippen molar-refractivity contribution in [1.82, 2.24) is 9.80 Å². The largest absolute Gasteiger partial charge is 0.550 e. The van der Waals surface area contributed by atoms with Crippen molar-refractivity contribution in [2.24, 2.45) is 17.3 Å². The third kappa shape index (κ3) is 4.14. The van der Waals surface area contributed by atoms with Gasteiger partial charge in [-0.25, -0.2) is 0 Å². The average Bonchev–Trinajstić information content (AvgIpc) is 2.53. The van der Waals surface area contributed by atoms with Gasteiger partial charge in [0, 0.05) is 39.5 Å². The van der Waals surface area contributed by atoms with Crippen molar-refractivity contribution in [3.05, 3.63) is 0 Å². The van der Waals surface area contributed by atoms with Crippen LogP contribution < -0.4 is 10.2 Å². The van der Waals surface area contributed by atoms with Crippen LogP contribution in [0.15, 0.2) is 0 Å². The summed E-state index contributed by atoms with van der Waals surface area (Å²) in [6.45, 7) is 16.9. The third-order valence-electron chi connectivity index (χ3n) is 8.89. The molecule has 0 bridgehead atoms. The minimum atomic E-state index is -1.45. The summed E-state index contributed by atoms with van der Waals surface area (Å²) in [6.07, 6.45) is 1.96. The Morgan fingerprint density at radius 1 is 0.733 bits per heavy atom. The van der Waals surface area contributed by atoms with Crippen LogP contribution in [0.3, 0.4) is 0 Å². The number of nitrogens with zero attached hydrogens (tertiary/aromatic N) is 2. The number of rotatable bonds is 5. The molecule has 0 spiro atoms. The Morgan fingerprint density at radius 2 is 1.00 bits per heavy atom. The number of carbonyl (C=O) groups excluding carboxylic acids is 2. The molecule has 0 aromatic heterocycles. The van der Waals surface area contributed by atoms with E-state index in [1.165, 1.54) is 0 Å². The molecule has 0 amide bonds. The molecule has 0 aliphatic carbocycles. The average molecular weight is 423 g/mol. The lowest BCUT2D eigenvalue weighted by Gasteiger charge is -2.63. The minimum absolute atomic E-state index is 0.254. The molecule has 0 aromatic rings. The summed E-state index contributed by atoms with van der Waals surface area (Å²) in [5, 5.41) is 24.9. The first-order valence-electron chi connectivity index (χ1n) is 11.2. The molecule has 0 unspecified atom stereocenters. The van der Waals surface area contributed by atoms with Crippen molar-refractivity contribution < 1.29 is 19.8 Å². The van der Waals surface area contributed by atoms with Gasteiger partial charge in [0.25, 0.3) is 0 Å². The van der Waals surface area contributed by atoms with Crippen LogP contribution in [-0.4, -0.2) is 58.0 Å². The molecule has 2 fully saturated rings. The van der Waals surface area contributed by atoms with Crippen LogP contribution in [0.25, 0.3) is 0 Å². The Labute approximate surface area is 183 Å². The lowest BCUT2D eigenvalue weighted by molar-refractivity contribution is -0.338. The number of aliphatic carboxylic acids is 2. The van der Waals surface area contributed by atoms with E-state index in [9.17, 15) is 19.8 Å². The zero-order valence-electron chi connectivity index (χ0n) is 20.7. The number of carboxylic acids is 2. The molecule has 0 aromatic carbocycles. The quantitative estimate of drug-likeness (QED) is 0.670. The minimum Gasteiger partial charge on any atom is -0.550 e. The van der Waals surface area contributed by atoms with Crippen LogP contribution in [-0.2, 0) is 9.59 Å². The lowest BCUT2D eigenvalue weighted by atomic mass is 9.52. The van der Waals surface area contributed by atoms with Gasteiger partial charge in [-0.3, -0.25) is 9.80 Å². The molecule has 2 aliphatic rings. The van der Waals surface area contributed by atoms with Crippen molar-refractivity contribution >= 4 is 11.9 Å². The first kappa shape index (κ1) is 25.1. The molecule has 2 rings (SSSR count). The Balaban J connectivity index is 2.65. The topological polar surface area (TPSA) is 86.7 Å². The van der Waals surface area contributed by atoms with Crippen molar-refractivity contribution in [3.63, 3.8) is 0 Å². The highest BCUT2D eigenvalue weighted by atomic mass is 16.4. The number of likely N-dealkylation sites (tertiary alicyclic amines) is 2. The molecule has 2 aliphatic heterocycles. The van der Waals surface area contributed by atoms with Gasteiger partial charge in [-0.15, -0.1) is 0 Å². The second-order valence-corrected chi connectivity index (χ2v) is 12.5. The number of hydrogen-bond donors (Lipinski definition) is 0. The summed E-state index contributed by atoms with van der Waals surface area (Å²) < 4.78 is 0. The molecule has 2 heterocycles. The highest BCUT2D eigenvalue weighted by molar-refractivity contribution is 5.80. The first-order chi connectivity index (χ1) is 13.3. The van der Waals surface area contributed by atoms with E-state index in [1.54, 1.807) is 0 Å². The Morgan fingerprint density at radius 3 is 1.20 bits per heavy atom. The lowest BCUT2D eigenvalue weighted by Crippen LogP contribution is -2.67. The van der Waals surface area contributed by atoms with Gasteiger partial charge in [0.15, 0.2) is 0 Å². The van der Waals surface area contributed by atoms with Crippen LogP contribution in [0.1, 0.15) is 87.5 Å². The van der Waals surface area contributed by atoms with Gasteiger partial charge in [0.05, 0.1) is 0 Å². The Kier molecular flexibility index (Phi) is 6.26. The second-order valence-electron chi connectivity index (χ2n) is 12.5. The van der Waals surface area contributed by atoms with Gasteiger partial charge in [-0.1, -0.05) is 0 Å². The molecule has 174 valence electrons. The number of carboxylic acid groups (broad SMARTS) is 2. The summed E-state index contributed by atoms with van der Waals surface area (Å²) in [4.78, 5) is 29.5. The second kappa shape index (κ2) is 7.47. The first-order valence-corrected chi connectivity index (χ1v) is 11.2. The normalized spacial score (nSPS) is 27.7. The zero-order chi connectivity index (χ0) is 23.5. The summed E-state index contributed by atoms with van der Waals surface area (Å²) in [5.41, 5.74) is -2.47. The smallest absolute Gasteiger partial charge is 0.0485 e. The van der Waals surface area contributed by atoms with E-state index in [2.05, 4.69) is 79.3 Å². The molecule has 0 atom stereocenters. The molecule has 0 saturated carbocycles. The van der Waals surface area contributed by atoms with E-state index < -0.39 is 23.8 Å². The van der Waals surface area contributed by atoms with Gasteiger partial charge >= 0.3 is 0 Å². The highest BCUT2D eigenvalue weighted by Crippen LogP contribution is 2.57. The predicted molar refractivity (Wildman–Crippen MR) is 114 cm³/mol. The van der Waals surface area contributed by atoms with E-state index in [0.29, 0.717) is 25.7 Å². The van der Waals surface area contributed by atoms with Crippen molar-refractivity contribution in [1.29, 1.82) is 0 Å². The molecule has 0 radical (unpaired) electrons. The third-order valence-corrected chi connectivity index (χ3v) is 8.89. The van der Waals surface area contributed by atoms with Gasteiger partial charge in [-0.2, -0.15) is 0 Å². The van der Waals surface area contributed by atoms with E-state index in [4.69, 9.17) is 0 Å². The van der Waals surface area contributed by atoms with Crippen LogP contribution in [0.4, 0.5) is 0 Å². The van der Waals surface area contributed by atoms with Crippen LogP contribution in [0.2, 0.25) is 0 Å². The summed E-state index contributed by atoms with van der Waals surface area (Å²) in [7, 11) is 4.13. The SMILES string of the molecule is CN1C(C)(C)CC(C(CC(=O)[O-])(C(=O)[O-])C2CC(C)(C)N(C)C(C)(C)C2)CC1(C)C. The van der Waals surface area contributed by atoms with E-state index >= 15 is 0 Å². The molecular formula is C24H42N2O4-2. The number of piperidine rings is 2. The summed E-state index contributed by atoms with van der Waals surface area (Å²) in [5.74, 6) is -3.14. The van der Waals surface area contributed by atoms with Gasteiger partial charge in [-0.05, 0) is 113 Å². The summed E-state index contributed by atoms with van der Waals surface area (Å²) in [6, 6.07) is 0. The summed E-state index contributed by atoms with van der Waals surface area (Å²) >= 11 is 0. The molecule has 30 heavy (non-hydrogen) atoms. The predicted octanol–water partition coefficient (Wildman–Crippen LogP) is 1.66. The van der Waals surface area contributed by atoms with Gasteiger partial charge in [0.2, 0.25) is 0 Å². The maximum absolute atomic E-state index is 12.9. The van der Waals surface area contributed by atoms with Crippen LogP contribution >= 0.6 is 0 Å². The van der Waals surface area contributed by atoms with Crippen molar-refractivity contribution in [2.75, 3.05) is 14.1 Å². The van der Waals surface area contributed by atoms with Gasteiger partial charge in [0.1, 0.15) is 0 Å². The van der Waals surface area contributed by atoms with E-state index in [-0.39, 0.29) is 34.0 Å². The van der Waals surface area contributed by atoms with Crippen molar-refractivity contribution in [2.45, 2.75) is 110 Å². The molecule has 6 nitrogen and oxygen atoms in total. The monoisotopic (exact) mass is 422 g/mol. The maximum atomic E-state index is 12.9. The Bertz CT molecular complexity index is 617. The maximum Gasteiger partial charge on any atom is 0.0485 e. The number of carbonyl (C=O) groups is 2. The zero-order valence-corrected chi connectivity index (χ0v) is 20.7.